The standard InChI is InChI=1S/C21H18ClNS/c22-17-11-12-20-19(13-17)23-18(15-7-3-1-4-8-15)14-21(24-20)16-9-5-2-6-10-16/h1-13,18,21,23H,14H2/t18-,21-/m0/s1. The highest BCUT2D eigenvalue weighted by Gasteiger charge is 2.26. The van der Waals surface area contributed by atoms with Crippen LogP contribution in [0.5, 0.6) is 0 Å². The number of fused-ring (bicyclic) bond motifs is 1. The van der Waals surface area contributed by atoms with Gasteiger partial charge in [-0.05, 0) is 35.7 Å². The third-order valence-corrected chi connectivity index (χ3v) is 5.96. The molecule has 1 aliphatic heterocycles. The van der Waals surface area contributed by atoms with Gasteiger partial charge in [0.1, 0.15) is 0 Å². The minimum absolute atomic E-state index is 0.267. The minimum atomic E-state index is 0.267. The molecule has 1 aliphatic rings. The molecule has 0 spiro atoms. The van der Waals surface area contributed by atoms with E-state index in [0.29, 0.717) is 5.25 Å². The molecular formula is C21H18ClNS. The summed E-state index contributed by atoms with van der Waals surface area (Å²) in [4.78, 5) is 1.26. The molecule has 3 aromatic rings. The van der Waals surface area contributed by atoms with Crippen LogP contribution in [0.1, 0.15) is 28.8 Å². The molecule has 1 nitrogen and oxygen atoms in total. The average Bonchev–Trinajstić information content (AvgIpc) is 2.82. The van der Waals surface area contributed by atoms with Crippen LogP contribution in [0.3, 0.4) is 0 Å². The van der Waals surface area contributed by atoms with Crippen molar-refractivity contribution in [2.24, 2.45) is 0 Å². The Kier molecular flexibility index (Phi) is 4.50. The van der Waals surface area contributed by atoms with Gasteiger partial charge in [-0.2, -0.15) is 0 Å². The van der Waals surface area contributed by atoms with Gasteiger partial charge < -0.3 is 5.32 Å². The van der Waals surface area contributed by atoms with E-state index in [2.05, 4.69) is 72.0 Å². The highest BCUT2D eigenvalue weighted by Crippen LogP contribution is 2.48. The number of anilines is 1. The van der Waals surface area contributed by atoms with Gasteiger partial charge in [0.05, 0.1) is 6.04 Å². The summed E-state index contributed by atoms with van der Waals surface area (Å²) in [6.07, 6.45) is 1.03. The maximum atomic E-state index is 6.23. The first-order valence-corrected chi connectivity index (χ1v) is 9.38. The van der Waals surface area contributed by atoms with E-state index in [1.54, 1.807) is 0 Å². The molecule has 0 radical (unpaired) electrons. The third kappa shape index (κ3) is 3.31. The van der Waals surface area contributed by atoms with E-state index in [-0.39, 0.29) is 6.04 Å². The van der Waals surface area contributed by atoms with Crippen molar-refractivity contribution in [3.8, 4) is 0 Å². The van der Waals surface area contributed by atoms with Crippen LogP contribution < -0.4 is 5.32 Å². The molecular weight excluding hydrogens is 334 g/mol. The summed E-state index contributed by atoms with van der Waals surface area (Å²) in [5.74, 6) is 0. The Morgan fingerprint density at radius 2 is 1.50 bits per heavy atom. The fourth-order valence-corrected chi connectivity index (χ4v) is 4.61. The normalized spacial score (nSPS) is 19.9. The average molecular weight is 352 g/mol. The first-order chi connectivity index (χ1) is 11.8. The summed E-state index contributed by atoms with van der Waals surface area (Å²) >= 11 is 8.14. The Morgan fingerprint density at radius 3 is 2.21 bits per heavy atom. The van der Waals surface area contributed by atoms with E-state index in [9.17, 15) is 0 Å². The molecule has 1 heterocycles. The van der Waals surface area contributed by atoms with Crippen LogP contribution in [0.4, 0.5) is 5.69 Å². The van der Waals surface area contributed by atoms with Crippen LogP contribution in [-0.4, -0.2) is 0 Å². The van der Waals surface area contributed by atoms with Gasteiger partial charge in [-0.25, -0.2) is 0 Å². The van der Waals surface area contributed by atoms with Gasteiger partial charge in [-0.15, -0.1) is 11.8 Å². The van der Waals surface area contributed by atoms with E-state index in [1.807, 2.05) is 23.9 Å². The van der Waals surface area contributed by atoms with Gasteiger partial charge in [-0.1, -0.05) is 72.3 Å². The van der Waals surface area contributed by atoms with Crippen molar-refractivity contribution < 1.29 is 0 Å². The maximum Gasteiger partial charge on any atom is 0.0528 e. The molecule has 1 N–H and O–H groups in total. The van der Waals surface area contributed by atoms with Crippen molar-refractivity contribution in [2.45, 2.75) is 22.6 Å². The number of hydrogen-bond donors (Lipinski definition) is 1. The smallest absolute Gasteiger partial charge is 0.0528 e. The van der Waals surface area contributed by atoms with Gasteiger partial charge >= 0.3 is 0 Å². The van der Waals surface area contributed by atoms with Crippen LogP contribution in [-0.2, 0) is 0 Å². The van der Waals surface area contributed by atoms with Gasteiger partial charge in [0.2, 0.25) is 0 Å². The van der Waals surface area contributed by atoms with Crippen LogP contribution >= 0.6 is 23.4 Å². The first kappa shape index (κ1) is 15.6. The number of benzene rings is 3. The Balaban J connectivity index is 1.76. The van der Waals surface area contributed by atoms with Crippen LogP contribution in [0.15, 0.2) is 83.8 Å². The molecule has 0 saturated heterocycles. The van der Waals surface area contributed by atoms with Gasteiger partial charge in [0, 0.05) is 20.9 Å². The predicted octanol–water partition coefficient (Wildman–Crippen LogP) is 6.73. The lowest BCUT2D eigenvalue weighted by atomic mass is 9.98. The topological polar surface area (TPSA) is 12.0 Å². The van der Waals surface area contributed by atoms with Crippen molar-refractivity contribution >= 4 is 29.1 Å². The predicted molar refractivity (Wildman–Crippen MR) is 104 cm³/mol. The van der Waals surface area contributed by atoms with E-state index in [0.717, 1.165) is 17.1 Å². The van der Waals surface area contributed by atoms with Crippen molar-refractivity contribution in [2.75, 3.05) is 5.32 Å². The second kappa shape index (κ2) is 6.92. The number of nitrogens with one attached hydrogen (secondary N) is 1. The molecule has 24 heavy (non-hydrogen) atoms. The summed E-state index contributed by atoms with van der Waals surface area (Å²) in [6, 6.07) is 27.8. The molecule has 0 bridgehead atoms. The monoisotopic (exact) mass is 351 g/mol. The molecule has 4 rings (SSSR count). The first-order valence-electron chi connectivity index (χ1n) is 8.12. The fourth-order valence-electron chi connectivity index (χ4n) is 3.16. The summed E-state index contributed by atoms with van der Waals surface area (Å²) in [5, 5.41) is 4.89. The quantitative estimate of drug-likeness (QED) is 0.549. The summed E-state index contributed by atoms with van der Waals surface area (Å²) in [6.45, 7) is 0. The lowest BCUT2D eigenvalue weighted by Crippen LogP contribution is -2.11. The number of rotatable bonds is 2. The zero-order chi connectivity index (χ0) is 16.4. The SMILES string of the molecule is Clc1ccc2c(c1)N[C@H](c1ccccc1)C[C@@H](c1ccccc1)S2. The van der Waals surface area contributed by atoms with Gasteiger partial charge in [0.25, 0.3) is 0 Å². The fraction of sp³-hybridized carbons (Fsp3) is 0.143. The van der Waals surface area contributed by atoms with Gasteiger partial charge in [0.15, 0.2) is 0 Å². The summed E-state index contributed by atoms with van der Waals surface area (Å²) in [5.41, 5.74) is 3.81. The highest BCUT2D eigenvalue weighted by molar-refractivity contribution is 7.99. The number of thioether (sulfide) groups is 1. The second-order valence-corrected chi connectivity index (χ2v) is 7.68. The molecule has 3 heteroatoms. The molecule has 120 valence electrons. The Morgan fingerprint density at radius 1 is 0.833 bits per heavy atom. The maximum absolute atomic E-state index is 6.23. The second-order valence-electron chi connectivity index (χ2n) is 6.00. The number of halogens is 1. The van der Waals surface area contributed by atoms with E-state index in [1.165, 1.54) is 16.0 Å². The number of hydrogen-bond acceptors (Lipinski definition) is 2. The molecule has 0 aliphatic carbocycles. The van der Waals surface area contributed by atoms with E-state index < -0.39 is 0 Å². The minimum Gasteiger partial charge on any atom is -0.377 e. The third-order valence-electron chi connectivity index (χ3n) is 4.36. The summed E-state index contributed by atoms with van der Waals surface area (Å²) < 4.78 is 0. The molecule has 0 saturated carbocycles. The van der Waals surface area contributed by atoms with Crippen LogP contribution in [0.2, 0.25) is 5.02 Å². The van der Waals surface area contributed by atoms with Crippen molar-refractivity contribution in [1.82, 2.24) is 0 Å². The molecule has 0 aromatic heterocycles. The van der Waals surface area contributed by atoms with E-state index >= 15 is 0 Å². The lowest BCUT2D eigenvalue weighted by Gasteiger charge is -2.21. The highest BCUT2D eigenvalue weighted by atomic mass is 35.5. The van der Waals surface area contributed by atoms with Crippen molar-refractivity contribution in [3.05, 3.63) is 95.0 Å². The largest absolute Gasteiger partial charge is 0.377 e. The van der Waals surface area contributed by atoms with Gasteiger partial charge in [-0.3, -0.25) is 0 Å². The Bertz CT molecular complexity index is 820. The molecule has 0 fully saturated rings. The molecule has 0 unspecified atom stereocenters. The van der Waals surface area contributed by atoms with Crippen LogP contribution in [0.25, 0.3) is 0 Å². The Hall–Kier alpha value is -1.90. The zero-order valence-electron chi connectivity index (χ0n) is 13.2. The van der Waals surface area contributed by atoms with Crippen molar-refractivity contribution in [3.63, 3.8) is 0 Å². The molecule has 2 atom stereocenters. The van der Waals surface area contributed by atoms with Crippen molar-refractivity contribution in [1.29, 1.82) is 0 Å². The zero-order valence-corrected chi connectivity index (χ0v) is 14.7. The molecule has 0 amide bonds. The Labute approximate surface area is 152 Å². The lowest BCUT2D eigenvalue weighted by molar-refractivity contribution is 0.687. The van der Waals surface area contributed by atoms with E-state index in [4.69, 9.17) is 11.6 Å². The summed E-state index contributed by atoms with van der Waals surface area (Å²) in [7, 11) is 0. The van der Waals surface area contributed by atoms with Crippen LogP contribution in [0, 0.1) is 0 Å². The molecule has 3 aromatic carbocycles.